The third-order valence-corrected chi connectivity index (χ3v) is 4.35. The van der Waals surface area contributed by atoms with Crippen LogP contribution >= 0.6 is 0 Å². The normalized spacial score (nSPS) is 12.7. The Labute approximate surface area is 141 Å². The Morgan fingerprint density at radius 2 is 1.58 bits per heavy atom. The topological polar surface area (TPSA) is 41.1 Å². The highest BCUT2D eigenvalue weighted by Gasteiger charge is 2.14. The third kappa shape index (κ3) is 2.82. The van der Waals surface area contributed by atoms with E-state index < -0.39 is 0 Å². The maximum Gasteiger partial charge on any atom is 0.256 e. The first-order valence-electron chi connectivity index (χ1n) is 8.09. The molecular formula is C21H18N2O. The molecule has 0 radical (unpaired) electrons. The van der Waals surface area contributed by atoms with Crippen molar-refractivity contribution < 1.29 is 4.79 Å². The Morgan fingerprint density at radius 1 is 0.833 bits per heavy atom. The molecular weight excluding hydrogens is 296 g/mol. The minimum Gasteiger partial charge on any atom is -0.322 e. The van der Waals surface area contributed by atoms with Crippen molar-refractivity contribution in [3.63, 3.8) is 0 Å². The van der Waals surface area contributed by atoms with Crippen LogP contribution in [0.1, 0.15) is 21.5 Å². The predicted octanol–water partition coefficient (Wildman–Crippen LogP) is 4.21. The van der Waals surface area contributed by atoms with Gasteiger partial charge in [0, 0.05) is 24.3 Å². The first kappa shape index (κ1) is 14.7. The lowest BCUT2D eigenvalue weighted by Gasteiger charge is -2.11. The van der Waals surface area contributed by atoms with Crippen molar-refractivity contribution in [1.29, 1.82) is 0 Å². The van der Waals surface area contributed by atoms with Crippen LogP contribution in [0, 0.1) is 0 Å². The second kappa shape index (κ2) is 6.30. The molecule has 24 heavy (non-hydrogen) atoms. The fourth-order valence-electron chi connectivity index (χ4n) is 3.12. The molecule has 1 aliphatic rings. The van der Waals surface area contributed by atoms with Gasteiger partial charge < -0.3 is 10.6 Å². The molecule has 3 heteroatoms. The molecule has 4 rings (SSSR count). The van der Waals surface area contributed by atoms with Gasteiger partial charge in [-0.3, -0.25) is 4.79 Å². The number of nitrogens with one attached hydrogen (secondary N) is 2. The second-order valence-electron chi connectivity index (χ2n) is 5.95. The van der Waals surface area contributed by atoms with Gasteiger partial charge in [0.15, 0.2) is 0 Å². The van der Waals surface area contributed by atoms with Crippen LogP contribution in [0.2, 0.25) is 0 Å². The summed E-state index contributed by atoms with van der Waals surface area (Å²) in [5.41, 5.74) is 6.06. The highest BCUT2D eigenvalue weighted by Crippen LogP contribution is 2.25. The molecule has 0 aromatic heterocycles. The van der Waals surface area contributed by atoms with Crippen LogP contribution in [-0.4, -0.2) is 5.91 Å². The van der Waals surface area contributed by atoms with Gasteiger partial charge in [0.2, 0.25) is 0 Å². The molecule has 0 spiro atoms. The van der Waals surface area contributed by atoms with Crippen molar-refractivity contribution in [3.8, 4) is 11.1 Å². The molecule has 0 saturated heterocycles. The minimum absolute atomic E-state index is 0.0830. The maximum atomic E-state index is 12.8. The van der Waals surface area contributed by atoms with E-state index in [4.69, 9.17) is 0 Å². The molecule has 0 aliphatic carbocycles. The molecule has 3 aromatic rings. The predicted molar refractivity (Wildman–Crippen MR) is 96.8 cm³/mol. The van der Waals surface area contributed by atoms with Gasteiger partial charge >= 0.3 is 0 Å². The van der Waals surface area contributed by atoms with E-state index in [0.717, 1.165) is 29.9 Å². The lowest BCUT2D eigenvalue weighted by Crippen LogP contribution is -2.13. The van der Waals surface area contributed by atoms with Gasteiger partial charge in [0.25, 0.3) is 5.91 Å². The average molecular weight is 314 g/mol. The van der Waals surface area contributed by atoms with E-state index in [-0.39, 0.29) is 5.91 Å². The molecule has 0 unspecified atom stereocenters. The number of carbonyl (C=O) groups is 1. The van der Waals surface area contributed by atoms with E-state index in [1.165, 1.54) is 11.1 Å². The highest BCUT2D eigenvalue weighted by atomic mass is 16.1. The van der Waals surface area contributed by atoms with E-state index >= 15 is 0 Å². The highest BCUT2D eigenvalue weighted by molar-refractivity contribution is 6.08. The monoisotopic (exact) mass is 314 g/mol. The van der Waals surface area contributed by atoms with Crippen molar-refractivity contribution in [2.45, 2.75) is 13.1 Å². The van der Waals surface area contributed by atoms with Crippen molar-refractivity contribution in [3.05, 3.63) is 89.5 Å². The number of benzene rings is 3. The van der Waals surface area contributed by atoms with Crippen LogP contribution in [0.25, 0.3) is 11.1 Å². The van der Waals surface area contributed by atoms with Gasteiger partial charge in [0.1, 0.15) is 0 Å². The summed E-state index contributed by atoms with van der Waals surface area (Å²) in [7, 11) is 0. The lowest BCUT2D eigenvalue weighted by atomic mass is 9.99. The SMILES string of the molecule is O=C(Nc1ccc2c(c1)CNC2)c1ccccc1-c1ccccc1. The minimum atomic E-state index is -0.0830. The molecule has 3 aromatic carbocycles. The van der Waals surface area contributed by atoms with Crippen molar-refractivity contribution in [1.82, 2.24) is 5.32 Å². The van der Waals surface area contributed by atoms with Crippen LogP contribution < -0.4 is 10.6 Å². The van der Waals surface area contributed by atoms with Crippen molar-refractivity contribution in [2.24, 2.45) is 0 Å². The van der Waals surface area contributed by atoms with Crippen molar-refractivity contribution in [2.75, 3.05) is 5.32 Å². The average Bonchev–Trinajstić information content (AvgIpc) is 3.10. The van der Waals surface area contributed by atoms with Crippen LogP contribution in [-0.2, 0) is 13.1 Å². The zero-order chi connectivity index (χ0) is 16.4. The zero-order valence-electron chi connectivity index (χ0n) is 13.3. The molecule has 3 nitrogen and oxygen atoms in total. The van der Waals surface area contributed by atoms with Crippen LogP contribution in [0.5, 0.6) is 0 Å². The number of rotatable bonds is 3. The second-order valence-corrected chi connectivity index (χ2v) is 5.95. The fraction of sp³-hybridized carbons (Fsp3) is 0.0952. The molecule has 118 valence electrons. The van der Waals surface area contributed by atoms with Crippen LogP contribution in [0.15, 0.2) is 72.8 Å². The van der Waals surface area contributed by atoms with E-state index in [9.17, 15) is 4.79 Å². The van der Waals surface area contributed by atoms with Crippen LogP contribution in [0.3, 0.4) is 0 Å². The van der Waals surface area contributed by atoms with E-state index in [0.29, 0.717) is 5.56 Å². The molecule has 1 heterocycles. The Bertz CT molecular complexity index is 887. The fourth-order valence-corrected chi connectivity index (χ4v) is 3.12. The van der Waals surface area contributed by atoms with E-state index in [1.807, 2.05) is 60.7 Å². The Balaban J connectivity index is 1.64. The Hall–Kier alpha value is -2.91. The first-order chi connectivity index (χ1) is 11.8. The smallest absolute Gasteiger partial charge is 0.256 e. The third-order valence-electron chi connectivity index (χ3n) is 4.35. The van der Waals surface area contributed by atoms with Gasteiger partial charge in [0.05, 0.1) is 0 Å². The number of hydrogen-bond donors (Lipinski definition) is 2. The summed E-state index contributed by atoms with van der Waals surface area (Å²) in [5.74, 6) is -0.0830. The number of fused-ring (bicyclic) bond motifs is 1. The molecule has 0 atom stereocenters. The Kier molecular flexibility index (Phi) is 3.85. The molecule has 0 fully saturated rings. The summed E-state index contributed by atoms with van der Waals surface area (Å²) < 4.78 is 0. The van der Waals surface area contributed by atoms with Crippen LogP contribution in [0.4, 0.5) is 5.69 Å². The number of anilines is 1. The standard InChI is InChI=1S/C21H18N2O/c24-21(23-18-11-10-16-13-22-14-17(16)12-18)20-9-5-4-8-19(20)15-6-2-1-3-7-15/h1-12,22H,13-14H2,(H,23,24). The van der Waals surface area contributed by atoms with Crippen molar-refractivity contribution >= 4 is 11.6 Å². The summed E-state index contributed by atoms with van der Waals surface area (Å²) in [6.07, 6.45) is 0. The van der Waals surface area contributed by atoms with E-state index in [2.05, 4.69) is 22.8 Å². The summed E-state index contributed by atoms with van der Waals surface area (Å²) in [5, 5.41) is 6.35. The molecule has 1 aliphatic heterocycles. The number of carbonyl (C=O) groups excluding carboxylic acids is 1. The summed E-state index contributed by atoms with van der Waals surface area (Å²) in [6.45, 7) is 1.76. The molecule has 2 N–H and O–H groups in total. The van der Waals surface area contributed by atoms with Gasteiger partial charge in [-0.05, 0) is 40.5 Å². The summed E-state index contributed by atoms with van der Waals surface area (Å²) in [4.78, 5) is 12.8. The number of amides is 1. The summed E-state index contributed by atoms with van der Waals surface area (Å²) in [6, 6.07) is 23.8. The largest absolute Gasteiger partial charge is 0.322 e. The lowest BCUT2D eigenvalue weighted by molar-refractivity contribution is 0.102. The van der Waals surface area contributed by atoms with Gasteiger partial charge in [-0.2, -0.15) is 0 Å². The van der Waals surface area contributed by atoms with Gasteiger partial charge in [-0.15, -0.1) is 0 Å². The van der Waals surface area contributed by atoms with E-state index in [1.54, 1.807) is 0 Å². The van der Waals surface area contributed by atoms with Gasteiger partial charge in [-0.25, -0.2) is 0 Å². The zero-order valence-corrected chi connectivity index (χ0v) is 13.3. The maximum absolute atomic E-state index is 12.8. The first-order valence-corrected chi connectivity index (χ1v) is 8.09. The Morgan fingerprint density at radius 3 is 2.46 bits per heavy atom. The molecule has 1 amide bonds. The molecule has 0 bridgehead atoms. The molecule has 0 saturated carbocycles. The summed E-state index contributed by atoms with van der Waals surface area (Å²) >= 11 is 0. The van der Waals surface area contributed by atoms with Gasteiger partial charge in [-0.1, -0.05) is 54.6 Å². The quantitative estimate of drug-likeness (QED) is 0.760. The number of hydrogen-bond acceptors (Lipinski definition) is 2.